The molecule has 0 spiro atoms. The van der Waals surface area contributed by atoms with E-state index in [0.29, 0.717) is 33.7 Å². The van der Waals surface area contributed by atoms with Crippen molar-refractivity contribution in [3.05, 3.63) is 83.2 Å². The zero-order valence-electron chi connectivity index (χ0n) is 15.1. The van der Waals surface area contributed by atoms with Crippen LogP contribution in [0.25, 0.3) is 11.5 Å². The molecule has 0 amide bonds. The number of pyridine rings is 1. The summed E-state index contributed by atoms with van der Waals surface area (Å²) < 4.78 is 10.7. The number of thiazole rings is 1. The molecule has 0 aliphatic rings. The van der Waals surface area contributed by atoms with Crippen LogP contribution in [0.3, 0.4) is 0 Å². The van der Waals surface area contributed by atoms with Crippen LogP contribution in [0, 0.1) is 0 Å². The molecule has 4 aromatic rings. The number of rotatable bonds is 7. The summed E-state index contributed by atoms with van der Waals surface area (Å²) in [7, 11) is 1.64. The molecule has 0 atom stereocenters. The van der Waals surface area contributed by atoms with Gasteiger partial charge in [-0.25, -0.2) is 4.98 Å². The van der Waals surface area contributed by atoms with Crippen LogP contribution in [0.5, 0.6) is 5.75 Å². The quantitative estimate of drug-likeness (QED) is 0.462. The van der Waals surface area contributed by atoms with Gasteiger partial charge >= 0.3 is 0 Å². The van der Waals surface area contributed by atoms with E-state index in [0.717, 1.165) is 11.3 Å². The average Bonchev–Trinajstić information content (AvgIpc) is 3.42. The van der Waals surface area contributed by atoms with Gasteiger partial charge in [-0.05, 0) is 42.0 Å². The minimum absolute atomic E-state index is 0.182. The first-order valence-electron chi connectivity index (χ1n) is 8.62. The number of carbonyl (C=O) groups is 1. The Morgan fingerprint density at radius 1 is 1.18 bits per heavy atom. The van der Waals surface area contributed by atoms with Gasteiger partial charge in [-0.2, -0.15) is 0 Å². The standard InChI is InChI=1S/C21H17N3O3S/c1-26-15-7-4-6-14(12-15)13-23-21-24-18(17-9-5-11-27-17)20(28-21)19(25)16-8-2-3-10-22-16/h2-12H,13H2,1H3,(H,23,24). The molecule has 0 bridgehead atoms. The molecule has 0 fully saturated rings. The van der Waals surface area contributed by atoms with Gasteiger partial charge in [0, 0.05) is 12.7 Å². The summed E-state index contributed by atoms with van der Waals surface area (Å²) in [6.45, 7) is 0.555. The SMILES string of the molecule is COc1cccc(CNc2nc(-c3ccco3)c(C(=O)c3ccccn3)s2)c1. The number of benzene rings is 1. The van der Waals surface area contributed by atoms with Crippen LogP contribution in [-0.4, -0.2) is 22.9 Å². The van der Waals surface area contributed by atoms with Crippen molar-refractivity contribution in [2.45, 2.75) is 6.54 Å². The van der Waals surface area contributed by atoms with Crippen molar-refractivity contribution in [3.8, 4) is 17.2 Å². The van der Waals surface area contributed by atoms with Crippen molar-refractivity contribution in [2.75, 3.05) is 12.4 Å². The first-order valence-corrected chi connectivity index (χ1v) is 9.43. The van der Waals surface area contributed by atoms with Gasteiger partial charge in [0.05, 0.1) is 13.4 Å². The lowest BCUT2D eigenvalue weighted by Crippen LogP contribution is -2.02. The van der Waals surface area contributed by atoms with Gasteiger partial charge in [0.15, 0.2) is 10.9 Å². The van der Waals surface area contributed by atoms with E-state index >= 15 is 0 Å². The first kappa shape index (κ1) is 17.9. The van der Waals surface area contributed by atoms with Crippen LogP contribution in [0.2, 0.25) is 0 Å². The van der Waals surface area contributed by atoms with Gasteiger partial charge in [-0.15, -0.1) is 0 Å². The van der Waals surface area contributed by atoms with Crippen LogP contribution in [0.1, 0.15) is 20.9 Å². The Labute approximate surface area is 165 Å². The molecule has 0 unspecified atom stereocenters. The number of ketones is 1. The molecule has 0 saturated heterocycles. The molecule has 0 saturated carbocycles. The van der Waals surface area contributed by atoms with Crippen molar-refractivity contribution in [2.24, 2.45) is 0 Å². The second kappa shape index (κ2) is 8.06. The number of methoxy groups -OCH3 is 1. The van der Waals surface area contributed by atoms with Gasteiger partial charge in [-0.1, -0.05) is 29.5 Å². The minimum atomic E-state index is -0.182. The molecule has 0 radical (unpaired) electrons. The molecule has 7 heteroatoms. The molecule has 6 nitrogen and oxygen atoms in total. The summed E-state index contributed by atoms with van der Waals surface area (Å²) >= 11 is 1.29. The minimum Gasteiger partial charge on any atom is -0.497 e. The second-order valence-corrected chi connectivity index (χ2v) is 6.92. The van der Waals surface area contributed by atoms with Gasteiger partial charge in [0.1, 0.15) is 22.0 Å². The fourth-order valence-electron chi connectivity index (χ4n) is 2.70. The highest BCUT2D eigenvalue weighted by Crippen LogP contribution is 2.33. The van der Waals surface area contributed by atoms with E-state index in [4.69, 9.17) is 9.15 Å². The molecule has 4 rings (SSSR count). The van der Waals surface area contributed by atoms with Crippen LogP contribution >= 0.6 is 11.3 Å². The van der Waals surface area contributed by atoms with Crippen molar-refractivity contribution >= 4 is 22.3 Å². The molecule has 1 N–H and O–H groups in total. The van der Waals surface area contributed by atoms with Crippen LogP contribution in [0.15, 0.2) is 71.5 Å². The third-order valence-corrected chi connectivity index (χ3v) is 5.08. The van der Waals surface area contributed by atoms with E-state index in [1.807, 2.05) is 24.3 Å². The largest absolute Gasteiger partial charge is 0.497 e. The zero-order valence-corrected chi connectivity index (χ0v) is 15.9. The van der Waals surface area contributed by atoms with Crippen molar-refractivity contribution in [1.29, 1.82) is 0 Å². The highest BCUT2D eigenvalue weighted by atomic mass is 32.1. The van der Waals surface area contributed by atoms with E-state index in [1.54, 1.807) is 49.9 Å². The molecule has 1 aromatic carbocycles. The topological polar surface area (TPSA) is 77.2 Å². The number of furan rings is 1. The summed E-state index contributed by atoms with van der Waals surface area (Å²) in [5.74, 6) is 1.16. The van der Waals surface area contributed by atoms with E-state index in [2.05, 4.69) is 15.3 Å². The summed E-state index contributed by atoms with van der Waals surface area (Å²) in [6.07, 6.45) is 3.16. The Kier molecular flexibility index (Phi) is 5.16. The Morgan fingerprint density at radius 2 is 2.11 bits per heavy atom. The maximum Gasteiger partial charge on any atom is 0.223 e. The predicted molar refractivity (Wildman–Crippen MR) is 108 cm³/mol. The fraction of sp³-hybridized carbons (Fsp3) is 0.0952. The van der Waals surface area contributed by atoms with E-state index < -0.39 is 0 Å². The molecular formula is C21H17N3O3S. The van der Waals surface area contributed by atoms with Crippen molar-refractivity contribution in [3.63, 3.8) is 0 Å². The van der Waals surface area contributed by atoms with Crippen molar-refractivity contribution in [1.82, 2.24) is 9.97 Å². The molecule has 28 heavy (non-hydrogen) atoms. The Bertz CT molecular complexity index is 1080. The van der Waals surface area contributed by atoms with Crippen LogP contribution in [0.4, 0.5) is 5.13 Å². The highest BCUT2D eigenvalue weighted by molar-refractivity contribution is 7.18. The van der Waals surface area contributed by atoms with Crippen LogP contribution < -0.4 is 10.1 Å². The fourth-order valence-corrected chi connectivity index (χ4v) is 3.62. The van der Waals surface area contributed by atoms with E-state index in [9.17, 15) is 4.79 Å². The maximum atomic E-state index is 13.0. The lowest BCUT2D eigenvalue weighted by molar-refractivity contribution is 0.103. The van der Waals surface area contributed by atoms with Crippen LogP contribution in [-0.2, 0) is 6.54 Å². The summed E-state index contributed by atoms with van der Waals surface area (Å²) in [4.78, 5) is 22.2. The molecule has 140 valence electrons. The van der Waals surface area contributed by atoms with Gasteiger partial charge < -0.3 is 14.5 Å². The third-order valence-electron chi connectivity index (χ3n) is 4.06. The van der Waals surface area contributed by atoms with E-state index in [1.165, 1.54) is 11.3 Å². The number of hydrogen-bond donors (Lipinski definition) is 1. The van der Waals surface area contributed by atoms with Crippen molar-refractivity contribution < 1.29 is 13.9 Å². The second-order valence-electron chi connectivity index (χ2n) is 5.92. The number of carbonyl (C=O) groups excluding carboxylic acids is 1. The Hall–Kier alpha value is -3.45. The maximum absolute atomic E-state index is 13.0. The number of aromatic nitrogens is 2. The molecule has 3 aromatic heterocycles. The summed E-state index contributed by atoms with van der Waals surface area (Å²) in [6, 6.07) is 16.6. The van der Waals surface area contributed by atoms with Gasteiger partial charge in [-0.3, -0.25) is 9.78 Å². The molecule has 3 heterocycles. The van der Waals surface area contributed by atoms with Gasteiger partial charge in [0.2, 0.25) is 5.78 Å². The lowest BCUT2D eigenvalue weighted by atomic mass is 10.1. The predicted octanol–water partition coefficient (Wildman–Crippen LogP) is 4.65. The lowest BCUT2D eigenvalue weighted by Gasteiger charge is -2.05. The highest BCUT2D eigenvalue weighted by Gasteiger charge is 2.23. The smallest absolute Gasteiger partial charge is 0.223 e. The van der Waals surface area contributed by atoms with Gasteiger partial charge in [0.25, 0.3) is 0 Å². The number of hydrogen-bond acceptors (Lipinski definition) is 7. The third kappa shape index (κ3) is 3.79. The normalized spacial score (nSPS) is 10.6. The summed E-state index contributed by atoms with van der Waals surface area (Å²) in [5, 5.41) is 3.91. The number of anilines is 1. The average molecular weight is 391 g/mol. The Balaban J connectivity index is 1.63. The number of nitrogens with zero attached hydrogens (tertiary/aromatic N) is 2. The molecule has 0 aliphatic carbocycles. The monoisotopic (exact) mass is 391 g/mol. The number of ether oxygens (including phenoxy) is 1. The summed E-state index contributed by atoms with van der Waals surface area (Å²) in [5.41, 5.74) is 1.93. The zero-order chi connectivity index (χ0) is 19.3. The number of nitrogens with one attached hydrogen (secondary N) is 1. The Morgan fingerprint density at radius 3 is 2.86 bits per heavy atom. The molecular weight excluding hydrogens is 374 g/mol. The molecule has 0 aliphatic heterocycles. The first-order chi connectivity index (χ1) is 13.7. The van der Waals surface area contributed by atoms with E-state index in [-0.39, 0.29) is 5.78 Å².